The van der Waals surface area contributed by atoms with Gasteiger partial charge in [-0.05, 0) is 50.9 Å². The zero-order valence-electron chi connectivity index (χ0n) is 13.5. The highest BCUT2D eigenvalue weighted by Gasteiger charge is 2.36. The second kappa shape index (κ2) is 6.71. The molecule has 0 unspecified atom stereocenters. The van der Waals surface area contributed by atoms with Crippen LogP contribution in [0.3, 0.4) is 0 Å². The summed E-state index contributed by atoms with van der Waals surface area (Å²) >= 11 is 0. The van der Waals surface area contributed by atoms with E-state index in [-0.39, 0.29) is 11.9 Å². The lowest BCUT2D eigenvalue weighted by atomic mass is 9.86. The van der Waals surface area contributed by atoms with E-state index in [2.05, 4.69) is 17.5 Å². The Hall–Kier alpha value is -1.52. The maximum absolute atomic E-state index is 12.4. The van der Waals surface area contributed by atoms with Crippen LogP contribution in [0, 0.1) is 11.8 Å². The fourth-order valence-corrected chi connectivity index (χ4v) is 3.91. The molecule has 0 spiro atoms. The fraction of sp³-hybridized carbons (Fsp3) is 0.765. The minimum Gasteiger partial charge on any atom is -0.341 e. The molecule has 2 aliphatic heterocycles. The van der Waals surface area contributed by atoms with E-state index in [0.717, 1.165) is 51.9 Å². The second-order valence-corrected chi connectivity index (χ2v) is 6.93. The van der Waals surface area contributed by atoms with Gasteiger partial charge in [-0.25, -0.2) is 4.79 Å². The number of allylic oxidation sites excluding steroid dienone is 2. The Morgan fingerprint density at radius 2 is 1.59 bits per heavy atom. The number of nitrogens with one attached hydrogen (secondary N) is 1. The molecule has 22 heavy (non-hydrogen) atoms. The lowest BCUT2D eigenvalue weighted by molar-refractivity contribution is -0.133. The summed E-state index contributed by atoms with van der Waals surface area (Å²) in [7, 11) is 0. The average Bonchev–Trinajstić information content (AvgIpc) is 2.99. The van der Waals surface area contributed by atoms with Gasteiger partial charge in [0, 0.05) is 26.2 Å². The summed E-state index contributed by atoms with van der Waals surface area (Å²) < 4.78 is 0. The minimum absolute atomic E-state index is 0.0614. The Morgan fingerprint density at radius 1 is 1.00 bits per heavy atom. The zero-order valence-corrected chi connectivity index (χ0v) is 13.5. The van der Waals surface area contributed by atoms with Gasteiger partial charge in [0.2, 0.25) is 5.91 Å². The number of carbonyl (C=O) groups is 2. The van der Waals surface area contributed by atoms with Gasteiger partial charge in [0.25, 0.3) is 0 Å². The van der Waals surface area contributed by atoms with Gasteiger partial charge in [0.05, 0.1) is 0 Å². The Labute approximate surface area is 132 Å². The lowest BCUT2D eigenvalue weighted by Gasteiger charge is -2.30. The summed E-state index contributed by atoms with van der Waals surface area (Å²) in [6.45, 7) is 5.12. The normalized spacial score (nSPS) is 29.1. The monoisotopic (exact) mass is 305 g/mol. The molecule has 0 bridgehead atoms. The summed E-state index contributed by atoms with van der Waals surface area (Å²) in [5.41, 5.74) is 0. The summed E-state index contributed by atoms with van der Waals surface area (Å²) in [5.74, 6) is 1.26. The molecule has 2 fully saturated rings. The van der Waals surface area contributed by atoms with Crippen LogP contribution in [0.2, 0.25) is 0 Å². The fourth-order valence-electron chi connectivity index (χ4n) is 3.91. The van der Waals surface area contributed by atoms with Crippen molar-refractivity contribution in [2.24, 2.45) is 11.8 Å². The molecule has 3 rings (SSSR count). The van der Waals surface area contributed by atoms with Crippen LogP contribution in [0.25, 0.3) is 0 Å². The summed E-state index contributed by atoms with van der Waals surface area (Å²) in [6, 6.07) is -0.501. The van der Waals surface area contributed by atoms with E-state index in [1.165, 1.54) is 6.42 Å². The number of carbonyl (C=O) groups excluding carboxylic acids is 2. The van der Waals surface area contributed by atoms with Crippen LogP contribution in [0.4, 0.5) is 4.79 Å². The highest BCUT2D eigenvalue weighted by atomic mass is 16.2. The van der Waals surface area contributed by atoms with Crippen LogP contribution in [0.5, 0.6) is 0 Å². The maximum Gasteiger partial charge on any atom is 0.318 e. The molecular formula is C17H27N3O2. The first-order valence-electron chi connectivity index (χ1n) is 8.64. The van der Waals surface area contributed by atoms with Crippen molar-refractivity contribution >= 4 is 11.9 Å². The molecular weight excluding hydrogens is 278 g/mol. The third kappa shape index (κ3) is 3.28. The average molecular weight is 305 g/mol. The lowest BCUT2D eigenvalue weighted by Crippen LogP contribution is -2.51. The van der Waals surface area contributed by atoms with Gasteiger partial charge in [-0.3, -0.25) is 4.79 Å². The van der Waals surface area contributed by atoms with Gasteiger partial charge in [-0.1, -0.05) is 12.2 Å². The van der Waals surface area contributed by atoms with E-state index in [9.17, 15) is 9.59 Å². The van der Waals surface area contributed by atoms with Gasteiger partial charge in [-0.15, -0.1) is 0 Å². The van der Waals surface area contributed by atoms with Gasteiger partial charge in [0.1, 0.15) is 6.04 Å². The number of likely N-dealkylation sites (tertiary alicyclic amines) is 2. The van der Waals surface area contributed by atoms with Crippen LogP contribution in [-0.2, 0) is 4.79 Å². The van der Waals surface area contributed by atoms with Crippen molar-refractivity contribution in [1.29, 1.82) is 0 Å². The Morgan fingerprint density at radius 3 is 2.18 bits per heavy atom. The molecule has 0 aromatic rings. The molecule has 0 saturated carbocycles. The first kappa shape index (κ1) is 15.4. The van der Waals surface area contributed by atoms with Crippen molar-refractivity contribution in [1.82, 2.24) is 15.1 Å². The third-order valence-electron chi connectivity index (χ3n) is 5.29. The van der Waals surface area contributed by atoms with Gasteiger partial charge >= 0.3 is 6.03 Å². The highest BCUT2D eigenvalue weighted by molar-refractivity contribution is 5.86. The number of urea groups is 1. The number of fused-ring (bicyclic) bond motifs is 1. The standard InChI is InChI=1S/C17H27N3O2/c1-13(16(21)19-9-5-2-6-10-19)18-17(22)20-11-14-7-3-4-8-15(14)12-20/h3-4,13-15H,2,5-12H2,1H3,(H,18,22)/t13-,14-,15-/m0/s1. The third-order valence-corrected chi connectivity index (χ3v) is 5.29. The van der Waals surface area contributed by atoms with Crippen molar-refractivity contribution in [3.63, 3.8) is 0 Å². The smallest absolute Gasteiger partial charge is 0.318 e. The largest absolute Gasteiger partial charge is 0.341 e. The molecule has 122 valence electrons. The second-order valence-electron chi connectivity index (χ2n) is 6.93. The predicted octanol–water partition coefficient (Wildman–Crippen LogP) is 1.99. The summed E-state index contributed by atoms with van der Waals surface area (Å²) in [5, 5.41) is 2.90. The molecule has 3 aliphatic rings. The van der Waals surface area contributed by atoms with E-state index >= 15 is 0 Å². The number of piperidine rings is 1. The maximum atomic E-state index is 12.4. The summed E-state index contributed by atoms with van der Waals surface area (Å²) in [6.07, 6.45) is 9.97. The quantitative estimate of drug-likeness (QED) is 0.793. The van der Waals surface area contributed by atoms with E-state index < -0.39 is 6.04 Å². The SMILES string of the molecule is C[C@H](NC(=O)N1C[C@@H]2CC=CC[C@H]2C1)C(=O)N1CCCCC1. The van der Waals surface area contributed by atoms with Gasteiger partial charge in [-0.2, -0.15) is 0 Å². The first-order valence-corrected chi connectivity index (χ1v) is 8.64. The van der Waals surface area contributed by atoms with Crippen molar-refractivity contribution in [3.05, 3.63) is 12.2 Å². The number of hydrogen-bond acceptors (Lipinski definition) is 2. The number of nitrogens with zero attached hydrogens (tertiary/aromatic N) is 2. The van der Waals surface area contributed by atoms with Crippen LogP contribution >= 0.6 is 0 Å². The molecule has 3 atom stereocenters. The van der Waals surface area contributed by atoms with Crippen molar-refractivity contribution in [3.8, 4) is 0 Å². The Bertz CT molecular complexity index is 441. The van der Waals surface area contributed by atoms with Crippen LogP contribution in [0.1, 0.15) is 39.0 Å². The van der Waals surface area contributed by atoms with E-state index in [1.807, 2.05) is 9.80 Å². The van der Waals surface area contributed by atoms with Crippen molar-refractivity contribution < 1.29 is 9.59 Å². The van der Waals surface area contributed by atoms with Crippen LogP contribution in [0.15, 0.2) is 12.2 Å². The molecule has 5 nitrogen and oxygen atoms in total. The topological polar surface area (TPSA) is 52.7 Å². The highest BCUT2D eigenvalue weighted by Crippen LogP contribution is 2.32. The van der Waals surface area contributed by atoms with Crippen molar-refractivity contribution in [2.75, 3.05) is 26.2 Å². The van der Waals surface area contributed by atoms with Gasteiger partial charge < -0.3 is 15.1 Å². The van der Waals surface area contributed by atoms with E-state index in [1.54, 1.807) is 6.92 Å². The molecule has 1 N–H and O–H groups in total. The molecule has 0 radical (unpaired) electrons. The van der Waals surface area contributed by atoms with Crippen LogP contribution in [-0.4, -0.2) is 54.0 Å². The number of hydrogen-bond donors (Lipinski definition) is 1. The molecule has 5 heteroatoms. The molecule has 1 aliphatic carbocycles. The Kier molecular flexibility index (Phi) is 4.69. The molecule has 0 aromatic heterocycles. The zero-order chi connectivity index (χ0) is 15.5. The van der Waals surface area contributed by atoms with E-state index in [4.69, 9.17) is 0 Å². The molecule has 3 amide bonds. The molecule has 0 aromatic carbocycles. The first-order chi connectivity index (χ1) is 10.6. The Balaban J connectivity index is 1.50. The summed E-state index contributed by atoms with van der Waals surface area (Å²) in [4.78, 5) is 28.6. The minimum atomic E-state index is -0.425. The van der Waals surface area contributed by atoms with Gasteiger partial charge in [0.15, 0.2) is 0 Å². The molecule has 2 saturated heterocycles. The molecule has 2 heterocycles. The number of rotatable bonds is 2. The van der Waals surface area contributed by atoms with E-state index in [0.29, 0.717) is 11.8 Å². The van der Waals surface area contributed by atoms with Crippen LogP contribution < -0.4 is 5.32 Å². The predicted molar refractivity (Wildman–Crippen MR) is 85.4 cm³/mol. The number of amides is 3. The van der Waals surface area contributed by atoms with Crippen molar-refractivity contribution in [2.45, 2.75) is 45.1 Å².